The van der Waals surface area contributed by atoms with Crippen LogP contribution in [0.25, 0.3) is 0 Å². The standard InChI is InChI=1S/C14H19F2NO2/c15-11-2-1-3-12(16)14(11)13(19)8-17-7-9-4-5-10(18)6-9/h1-3,9-10,13,17-19H,4-8H2. The van der Waals surface area contributed by atoms with Crippen molar-refractivity contribution in [3.05, 3.63) is 35.4 Å². The molecule has 0 spiro atoms. The Balaban J connectivity index is 1.82. The van der Waals surface area contributed by atoms with Gasteiger partial charge in [-0.3, -0.25) is 0 Å². The number of hydrogen-bond donors (Lipinski definition) is 3. The van der Waals surface area contributed by atoms with Crippen LogP contribution in [0, 0.1) is 17.6 Å². The van der Waals surface area contributed by atoms with Gasteiger partial charge in [0.25, 0.3) is 0 Å². The fourth-order valence-corrected chi connectivity index (χ4v) is 2.59. The molecule has 0 aromatic heterocycles. The van der Waals surface area contributed by atoms with E-state index in [1.807, 2.05) is 0 Å². The van der Waals surface area contributed by atoms with Gasteiger partial charge in [-0.15, -0.1) is 0 Å². The molecule has 0 aliphatic heterocycles. The molecule has 0 heterocycles. The van der Waals surface area contributed by atoms with E-state index in [4.69, 9.17) is 0 Å². The van der Waals surface area contributed by atoms with Gasteiger partial charge in [0, 0.05) is 6.54 Å². The van der Waals surface area contributed by atoms with Crippen LogP contribution in [0.2, 0.25) is 0 Å². The SMILES string of the molecule is OC1CCC(CNCC(O)c2c(F)cccc2F)C1. The van der Waals surface area contributed by atoms with E-state index < -0.39 is 17.7 Å². The summed E-state index contributed by atoms with van der Waals surface area (Å²) in [6.07, 6.45) is 1.06. The summed E-state index contributed by atoms with van der Waals surface area (Å²) in [6, 6.07) is 3.54. The minimum Gasteiger partial charge on any atom is -0.393 e. The van der Waals surface area contributed by atoms with E-state index in [1.54, 1.807) is 0 Å². The maximum Gasteiger partial charge on any atom is 0.131 e. The third-order valence-corrected chi connectivity index (χ3v) is 3.62. The second kappa shape index (κ2) is 6.41. The van der Waals surface area contributed by atoms with E-state index in [0.29, 0.717) is 12.5 Å². The van der Waals surface area contributed by atoms with Crippen LogP contribution >= 0.6 is 0 Å². The minimum atomic E-state index is -1.20. The fraction of sp³-hybridized carbons (Fsp3) is 0.571. The van der Waals surface area contributed by atoms with E-state index in [-0.39, 0.29) is 18.2 Å². The number of hydrogen-bond acceptors (Lipinski definition) is 3. The van der Waals surface area contributed by atoms with Gasteiger partial charge < -0.3 is 15.5 Å². The third kappa shape index (κ3) is 3.72. The molecule has 1 aliphatic carbocycles. The van der Waals surface area contributed by atoms with Gasteiger partial charge in [-0.2, -0.15) is 0 Å². The molecule has 0 saturated heterocycles. The molecule has 0 amide bonds. The molecule has 1 aromatic rings. The van der Waals surface area contributed by atoms with Crippen molar-refractivity contribution in [2.75, 3.05) is 13.1 Å². The van der Waals surface area contributed by atoms with Crippen LogP contribution < -0.4 is 5.32 Å². The number of benzene rings is 1. The first-order valence-electron chi connectivity index (χ1n) is 6.58. The summed E-state index contributed by atoms with van der Waals surface area (Å²) in [5.74, 6) is -1.09. The average molecular weight is 271 g/mol. The largest absolute Gasteiger partial charge is 0.393 e. The number of nitrogens with one attached hydrogen (secondary N) is 1. The molecular formula is C14H19F2NO2. The van der Waals surface area contributed by atoms with Crippen molar-refractivity contribution in [1.82, 2.24) is 5.32 Å². The van der Waals surface area contributed by atoms with Crippen LogP contribution in [0.15, 0.2) is 18.2 Å². The molecule has 1 aromatic carbocycles. The number of rotatable bonds is 5. The van der Waals surface area contributed by atoms with Crippen LogP contribution in [0.4, 0.5) is 8.78 Å². The first-order valence-corrected chi connectivity index (χ1v) is 6.58. The molecular weight excluding hydrogens is 252 g/mol. The smallest absolute Gasteiger partial charge is 0.131 e. The summed E-state index contributed by atoms with van der Waals surface area (Å²) < 4.78 is 26.8. The lowest BCUT2D eigenvalue weighted by atomic mass is 10.1. The summed E-state index contributed by atoms with van der Waals surface area (Å²) in [5, 5.41) is 22.2. The zero-order valence-electron chi connectivity index (χ0n) is 10.6. The summed E-state index contributed by atoms with van der Waals surface area (Å²) in [4.78, 5) is 0. The predicted octanol–water partition coefficient (Wildman–Crippen LogP) is 1.75. The Labute approximate surface area is 111 Å². The number of aliphatic hydroxyl groups is 2. The Kier molecular flexibility index (Phi) is 4.85. The Morgan fingerprint density at radius 1 is 1.26 bits per heavy atom. The maximum atomic E-state index is 13.4. The van der Waals surface area contributed by atoms with Gasteiger partial charge in [-0.25, -0.2) is 8.78 Å². The summed E-state index contributed by atoms with van der Waals surface area (Å²) >= 11 is 0. The van der Waals surface area contributed by atoms with Crippen molar-refractivity contribution in [2.45, 2.75) is 31.5 Å². The van der Waals surface area contributed by atoms with Gasteiger partial charge in [-0.1, -0.05) is 6.07 Å². The van der Waals surface area contributed by atoms with E-state index in [9.17, 15) is 19.0 Å². The summed E-state index contributed by atoms with van der Waals surface area (Å²) in [7, 11) is 0. The lowest BCUT2D eigenvalue weighted by molar-refractivity contribution is 0.160. The molecule has 1 saturated carbocycles. The summed E-state index contributed by atoms with van der Waals surface area (Å²) in [5.41, 5.74) is -0.290. The number of aliphatic hydroxyl groups excluding tert-OH is 2. The van der Waals surface area contributed by atoms with Gasteiger partial charge in [-0.05, 0) is 43.9 Å². The molecule has 106 valence electrons. The van der Waals surface area contributed by atoms with Crippen LogP contribution in [0.5, 0.6) is 0 Å². The van der Waals surface area contributed by atoms with Crippen LogP contribution in [0.3, 0.4) is 0 Å². The van der Waals surface area contributed by atoms with Crippen molar-refractivity contribution in [1.29, 1.82) is 0 Å². The van der Waals surface area contributed by atoms with Gasteiger partial charge in [0.1, 0.15) is 11.6 Å². The van der Waals surface area contributed by atoms with E-state index in [1.165, 1.54) is 6.07 Å². The third-order valence-electron chi connectivity index (χ3n) is 3.62. The van der Waals surface area contributed by atoms with E-state index >= 15 is 0 Å². The highest BCUT2D eigenvalue weighted by Crippen LogP contribution is 2.25. The van der Waals surface area contributed by atoms with Gasteiger partial charge in [0.2, 0.25) is 0 Å². The topological polar surface area (TPSA) is 52.5 Å². The number of halogens is 2. The van der Waals surface area contributed by atoms with Crippen LogP contribution in [-0.4, -0.2) is 29.4 Å². The van der Waals surface area contributed by atoms with E-state index in [2.05, 4.69) is 5.32 Å². The molecule has 3 unspecified atom stereocenters. The monoisotopic (exact) mass is 271 g/mol. The minimum absolute atomic E-state index is 0.102. The normalized spacial score (nSPS) is 24.6. The first kappa shape index (κ1) is 14.4. The van der Waals surface area contributed by atoms with Crippen molar-refractivity contribution in [2.24, 2.45) is 5.92 Å². The predicted molar refractivity (Wildman–Crippen MR) is 67.5 cm³/mol. The maximum absolute atomic E-state index is 13.4. The average Bonchev–Trinajstić information content (AvgIpc) is 2.75. The molecule has 1 fully saturated rings. The molecule has 1 aliphatic rings. The highest BCUT2D eigenvalue weighted by Gasteiger charge is 2.23. The quantitative estimate of drug-likeness (QED) is 0.764. The molecule has 3 nitrogen and oxygen atoms in total. The lowest BCUT2D eigenvalue weighted by Gasteiger charge is -2.16. The Morgan fingerprint density at radius 2 is 1.95 bits per heavy atom. The van der Waals surface area contributed by atoms with Crippen molar-refractivity contribution >= 4 is 0 Å². The Morgan fingerprint density at radius 3 is 2.53 bits per heavy atom. The molecule has 2 rings (SSSR count). The van der Waals surface area contributed by atoms with Gasteiger partial charge >= 0.3 is 0 Å². The highest BCUT2D eigenvalue weighted by atomic mass is 19.1. The molecule has 19 heavy (non-hydrogen) atoms. The van der Waals surface area contributed by atoms with Gasteiger partial charge in [0.15, 0.2) is 0 Å². The zero-order chi connectivity index (χ0) is 13.8. The molecule has 3 atom stereocenters. The zero-order valence-corrected chi connectivity index (χ0v) is 10.6. The summed E-state index contributed by atoms with van der Waals surface area (Å²) in [6.45, 7) is 0.745. The van der Waals surface area contributed by atoms with Crippen molar-refractivity contribution < 1.29 is 19.0 Å². The van der Waals surface area contributed by atoms with E-state index in [0.717, 1.165) is 31.4 Å². The van der Waals surface area contributed by atoms with Crippen LogP contribution in [-0.2, 0) is 0 Å². The highest BCUT2D eigenvalue weighted by molar-refractivity contribution is 5.22. The molecule has 5 heteroatoms. The first-order chi connectivity index (χ1) is 9.08. The Hall–Kier alpha value is -1.04. The molecule has 0 bridgehead atoms. The lowest BCUT2D eigenvalue weighted by Crippen LogP contribution is -2.27. The van der Waals surface area contributed by atoms with Crippen LogP contribution in [0.1, 0.15) is 30.9 Å². The van der Waals surface area contributed by atoms with Gasteiger partial charge in [0.05, 0.1) is 17.8 Å². The second-order valence-corrected chi connectivity index (χ2v) is 5.14. The Bertz CT molecular complexity index is 408. The molecule has 3 N–H and O–H groups in total. The van der Waals surface area contributed by atoms with Crippen molar-refractivity contribution in [3.63, 3.8) is 0 Å². The fourth-order valence-electron chi connectivity index (χ4n) is 2.59. The van der Waals surface area contributed by atoms with Crippen molar-refractivity contribution in [3.8, 4) is 0 Å². The second-order valence-electron chi connectivity index (χ2n) is 5.14. The molecule has 0 radical (unpaired) electrons.